The summed E-state index contributed by atoms with van der Waals surface area (Å²) in [7, 11) is 0. The number of hydrogen-bond donors (Lipinski definition) is 1. The van der Waals surface area contributed by atoms with Gasteiger partial charge in [0, 0.05) is 30.5 Å². The quantitative estimate of drug-likeness (QED) is 0.615. The van der Waals surface area contributed by atoms with Gasteiger partial charge in [-0.25, -0.2) is 14.8 Å². The van der Waals surface area contributed by atoms with E-state index in [1.54, 1.807) is 24.2 Å². The van der Waals surface area contributed by atoms with Gasteiger partial charge in [0.25, 0.3) is 5.95 Å². The lowest BCUT2D eigenvalue weighted by atomic mass is 9.76. The summed E-state index contributed by atoms with van der Waals surface area (Å²) < 4.78 is 6.47. The third-order valence-electron chi connectivity index (χ3n) is 7.01. The van der Waals surface area contributed by atoms with Gasteiger partial charge in [-0.1, -0.05) is 0 Å². The van der Waals surface area contributed by atoms with Crippen LogP contribution in [0.1, 0.15) is 44.8 Å². The number of β-amino-alcohol motifs (C(OH)–C–C–N with tert-alkyl or cyclic N) is 1. The molecule has 2 aromatic rings. The number of tetrazole rings is 1. The topological polar surface area (TPSA) is 139 Å². The van der Waals surface area contributed by atoms with Crippen LogP contribution in [-0.2, 0) is 14.3 Å². The summed E-state index contributed by atoms with van der Waals surface area (Å²) in [5.74, 6) is 0.0770. The third-order valence-corrected chi connectivity index (χ3v) is 7.01. The maximum atomic E-state index is 13.4. The SMILES string of the molecule is CC1=C(N2C(=O)C3(CCN(C[C@H](O)c4cnc(-n5cnnn5)nc4)CC3)CC2C)COC1=O. The molecule has 1 N–H and O–H groups in total. The molecule has 0 saturated carbocycles. The normalized spacial score (nSPS) is 24.1. The maximum Gasteiger partial charge on any atom is 0.336 e. The fraction of sp³-hybridized carbons (Fsp3) is 0.571. The number of hydrogen-bond acceptors (Lipinski definition) is 10. The van der Waals surface area contributed by atoms with Crippen LogP contribution < -0.4 is 0 Å². The number of aromatic nitrogens is 6. The summed E-state index contributed by atoms with van der Waals surface area (Å²) >= 11 is 0. The van der Waals surface area contributed by atoms with E-state index in [0.717, 1.165) is 19.3 Å². The first kappa shape index (κ1) is 21.6. The Labute approximate surface area is 190 Å². The van der Waals surface area contributed by atoms with Crippen molar-refractivity contribution in [1.82, 2.24) is 40.0 Å². The summed E-state index contributed by atoms with van der Waals surface area (Å²) in [6.45, 7) is 5.78. The van der Waals surface area contributed by atoms with Gasteiger partial charge in [-0.15, -0.1) is 5.10 Å². The predicted molar refractivity (Wildman–Crippen MR) is 112 cm³/mol. The number of amides is 1. The first-order chi connectivity index (χ1) is 15.9. The first-order valence-electron chi connectivity index (χ1n) is 11.0. The molecule has 3 aliphatic rings. The second-order valence-corrected chi connectivity index (χ2v) is 9.04. The fourth-order valence-electron chi connectivity index (χ4n) is 5.11. The summed E-state index contributed by atoms with van der Waals surface area (Å²) in [6, 6.07) is 0.0324. The molecule has 2 fully saturated rings. The number of aliphatic hydroxyl groups is 1. The molecule has 12 heteroatoms. The molecule has 12 nitrogen and oxygen atoms in total. The van der Waals surface area contributed by atoms with E-state index in [9.17, 15) is 14.7 Å². The molecule has 0 bridgehead atoms. The van der Waals surface area contributed by atoms with E-state index in [-0.39, 0.29) is 24.5 Å². The molecular formula is C21H26N8O4. The number of ether oxygens (including phenoxy) is 1. The van der Waals surface area contributed by atoms with Crippen molar-refractivity contribution < 1.29 is 19.4 Å². The Hall–Kier alpha value is -3.25. The lowest BCUT2D eigenvalue weighted by Crippen LogP contribution is -2.45. The largest absolute Gasteiger partial charge is 0.456 e. The van der Waals surface area contributed by atoms with Crippen molar-refractivity contribution in [2.24, 2.45) is 5.41 Å². The van der Waals surface area contributed by atoms with Gasteiger partial charge in [0.15, 0.2) is 0 Å². The van der Waals surface area contributed by atoms with Crippen LogP contribution in [0.5, 0.6) is 0 Å². The number of likely N-dealkylation sites (tertiary alicyclic amines) is 2. The molecule has 0 aromatic carbocycles. The van der Waals surface area contributed by atoms with Crippen LogP contribution in [0.4, 0.5) is 0 Å². The van der Waals surface area contributed by atoms with Crippen molar-refractivity contribution >= 4 is 11.9 Å². The van der Waals surface area contributed by atoms with Gasteiger partial charge in [0.1, 0.15) is 12.9 Å². The van der Waals surface area contributed by atoms with Gasteiger partial charge < -0.3 is 19.6 Å². The standard InChI is InChI=1S/C21H26N8O4/c1-13-7-21(19(32)29(13)16-11-33-18(31)14(16)2)3-5-27(6-4-21)10-17(30)15-8-22-20(23-9-15)28-12-24-25-26-28/h8-9,12-13,17,30H,3-7,10-11H2,1-2H3/t13?,17-/m0/s1. The minimum absolute atomic E-state index is 0.0324. The number of rotatable bonds is 5. The van der Waals surface area contributed by atoms with Crippen molar-refractivity contribution in [2.45, 2.75) is 45.3 Å². The fourth-order valence-corrected chi connectivity index (χ4v) is 5.11. The molecular weight excluding hydrogens is 428 g/mol. The Morgan fingerprint density at radius 3 is 2.58 bits per heavy atom. The highest BCUT2D eigenvalue weighted by Gasteiger charge is 2.53. The van der Waals surface area contributed by atoms with Gasteiger partial charge in [-0.3, -0.25) is 4.79 Å². The summed E-state index contributed by atoms with van der Waals surface area (Å²) in [5.41, 5.74) is 1.42. The van der Waals surface area contributed by atoms with Crippen LogP contribution in [-0.4, -0.2) is 89.2 Å². The van der Waals surface area contributed by atoms with Crippen molar-refractivity contribution in [2.75, 3.05) is 26.2 Å². The molecule has 1 unspecified atom stereocenters. The summed E-state index contributed by atoms with van der Waals surface area (Å²) in [5, 5.41) is 21.5. The smallest absolute Gasteiger partial charge is 0.336 e. The molecule has 1 spiro atoms. The number of nitrogens with zero attached hydrogens (tertiary/aromatic N) is 8. The Morgan fingerprint density at radius 2 is 1.97 bits per heavy atom. The number of cyclic esters (lactones) is 1. The average molecular weight is 454 g/mol. The molecule has 2 saturated heterocycles. The van der Waals surface area contributed by atoms with Gasteiger partial charge in [-0.05, 0) is 56.6 Å². The Kier molecular flexibility index (Phi) is 5.41. The van der Waals surface area contributed by atoms with E-state index in [1.807, 2.05) is 6.92 Å². The molecule has 5 heterocycles. The molecule has 3 aliphatic heterocycles. The minimum atomic E-state index is -0.744. The molecule has 2 atom stereocenters. The van der Waals surface area contributed by atoms with Gasteiger partial charge in [0.2, 0.25) is 5.91 Å². The maximum absolute atomic E-state index is 13.4. The van der Waals surface area contributed by atoms with E-state index >= 15 is 0 Å². The highest BCUT2D eigenvalue weighted by molar-refractivity contribution is 5.94. The number of carbonyl (C=O) groups is 2. The van der Waals surface area contributed by atoms with E-state index < -0.39 is 11.5 Å². The van der Waals surface area contributed by atoms with Crippen LogP contribution in [0.25, 0.3) is 5.95 Å². The highest BCUT2D eigenvalue weighted by Crippen LogP contribution is 2.46. The van der Waals surface area contributed by atoms with Crippen LogP contribution in [0, 0.1) is 5.41 Å². The monoisotopic (exact) mass is 454 g/mol. The zero-order valence-corrected chi connectivity index (χ0v) is 18.6. The van der Waals surface area contributed by atoms with Crippen LogP contribution in [0.2, 0.25) is 0 Å². The number of piperidine rings is 1. The molecule has 1 amide bonds. The number of esters is 1. The Morgan fingerprint density at radius 1 is 1.24 bits per heavy atom. The predicted octanol–water partition coefficient (Wildman–Crippen LogP) is 0.0195. The van der Waals surface area contributed by atoms with Crippen molar-refractivity contribution in [3.63, 3.8) is 0 Å². The highest BCUT2D eigenvalue weighted by atomic mass is 16.5. The zero-order chi connectivity index (χ0) is 23.2. The Balaban J connectivity index is 1.20. The van der Waals surface area contributed by atoms with Gasteiger partial charge >= 0.3 is 5.97 Å². The molecule has 2 aromatic heterocycles. The van der Waals surface area contributed by atoms with E-state index in [4.69, 9.17) is 4.74 Å². The number of aliphatic hydroxyl groups excluding tert-OH is 1. The van der Waals surface area contributed by atoms with Crippen molar-refractivity contribution in [1.29, 1.82) is 0 Å². The van der Waals surface area contributed by atoms with Crippen LogP contribution >= 0.6 is 0 Å². The Bertz CT molecular complexity index is 1080. The van der Waals surface area contributed by atoms with E-state index in [2.05, 4.69) is 30.4 Å². The van der Waals surface area contributed by atoms with Crippen LogP contribution in [0.15, 0.2) is 30.0 Å². The lowest BCUT2D eigenvalue weighted by molar-refractivity contribution is -0.139. The second-order valence-electron chi connectivity index (χ2n) is 9.04. The van der Waals surface area contributed by atoms with E-state index in [0.29, 0.717) is 42.4 Å². The van der Waals surface area contributed by atoms with Gasteiger partial charge in [-0.2, -0.15) is 4.68 Å². The van der Waals surface area contributed by atoms with Gasteiger partial charge in [0.05, 0.1) is 22.8 Å². The first-order valence-corrected chi connectivity index (χ1v) is 11.0. The van der Waals surface area contributed by atoms with E-state index in [1.165, 1.54) is 11.0 Å². The molecule has 0 aliphatic carbocycles. The molecule has 174 valence electrons. The van der Waals surface area contributed by atoms with Crippen LogP contribution in [0.3, 0.4) is 0 Å². The second kappa shape index (κ2) is 8.27. The molecule has 0 radical (unpaired) electrons. The summed E-state index contributed by atoms with van der Waals surface area (Å²) in [4.78, 5) is 37.6. The molecule has 33 heavy (non-hydrogen) atoms. The third kappa shape index (κ3) is 3.78. The minimum Gasteiger partial charge on any atom is -0.456 e. The zero-order valence-electron chi connectivity index (χ0n) is 18.6. The number of carbonyl (C=O) groups excluding carboxylic acids is 2. The van der Waals surface area contributed by atoms with Crippen molar-refractivity contribution in [3.8, 4) is 5.95 Å². The summed E-state index contributed by atoms with van der Waals surface area (Å²) in [6.07, 6.45) is 6.00. The average Bonchev–Trinajstić information content (AvgIpc) is 3.52. The molecule has 5 rings (SSSR count). The lowest BCUT2D eigenvalue weighted by Gasteiger charge is -2.38. The van der Waals surface area contributed by atoms with Crippen molar-refractivity contribution in [3.05, 3.63) is 35.6 Å².